The van der Waals surface area contributed by atoms with Crippen molar-refractivity contribution in [3.8, 4) is 11.5 Å². The van der Waals surface area contributed by atoms with Crippen molar-refractivity contribution in [2.45, 2.75) is 6.61 Å². The zero-order valence-electron chi connectivity index (χ0n) is 14.8. The van der Waals surface area contributed by atoms with E-state index in [4.69, 9.17) is 9.47 Å². The summed E-state index contributed by atoms with van der Waals surface area (Å²) >= 11 is 0. The van der Waals surface area contributed by atoms with E-state index in [1.54, 1.807) is 0 Å². The van der Waals surface area contributed by atoms with Crippen LogP contribution in [0.15, 0.2) is 42.5 Å². The standard InChI is InChI=1S/C19H20F2N2O4/c1-25-17-12-13(2-7-16(17)27-19(20)21)18(24)22-14-3-5-15(6-4-14)23-8-10-26-11-9-23/h2-7,12,19H,8-11H2,1H3,(H,22,24). The summed E-state index contributed by atoms with van der Waals surface area (Å²) in [6.07, 6.45) is 0. The van der Waals surface area contributed by atoms with E-state index in [-0.39, 0.29) is 23.0 Å². The van der Waals surface area contributed by atoms with E-state index >= 15 is 0 Å². The molecule has 2 aromatic rings. The second-order valence-electron chi connectivity index (χ2n) is 5.84. The first kappa shape index (κ1) is 18.9. The van der Waals surface area contributed by atoms with Crippen LogP contribution in [-0.4, -0.2) is 45.9 Å². The van der Waals surface area contributed by atoms with E-state index < -0.39 is 6.61 Å². The molecule has 0 radical (unpaired) electrons. The maximum absolute atomic E-state index is 12.4. The van der Waals surface area contributed by atoms with Gasteiger partial charge in [0.25, 0.3) is 5.91 Å². The quantitative estimate of drug-likeness (QED) is 0.835. The molecule has 6 nitrogen and oxygen atoms in total. The molecule has 1 amide bonds. The summed E-state index contributed by atoms with van der Waals surface area (Å²) in [4.78, 5) is 14.6. The summed E-state index contributed by atoms with van der Waals surface area (Å²) in [5.41, 5.74) is 1.96. The third-order valence-electron chi connectivity index (χ3n) is 4.14. The zero-order valence-corrected chi connectivity index (χ0v) is 14.8. The van der Waals surface area contributed by atoms with Crippen LogP contribution in [0.4, 0.5) is 20.2 Å². The largest absolute Gasteiger partial charge is 0.493 e. The van der Waals surface area contributed by atoms with Crippen LogP contribution in [0.5, 0.6) is 11.5 Å². The first-order chi connectivity index (χ1) is 13.1. The molecule has 1 aliphatic heterocycles. The fourth-order valence-electron chi connectivity index (χ4n) is 2.78. The Morgan fingerprint density at radius 2 is 1.81 bits per heavy atom. The lowest BCUT2D eigenvalue weighted by molar-refractivity contribution is -0.0512. The minimum Gasteiger partial charge on any atom is -0.493 e. The first-order valence-electron chi connectivity index (χ1n) is 8.44. The molecule has 1 aliphatic rings. The smallest absolute Gasteiger partial charge is 0.387 e. The van der Waals surface area contributed by atoms with Crippen molar-refractivity contribution >= 4 is 17.3 Å². The van der Waals surface area contributed by atoms with Crippen molar-refractivity contribution < 1.29 is 27.8 Å². The Labute approximate surface area is 155 Å². The second kappa shape index (κ2) is 8.68. The number of nitrogens with one attached hydrogen (secondary N) is 1. The normalized spacial score (nSPS) is 14.1. The van der Waals surface area contributed by atoms with Crippen LogP contribution in [0.25, 0.3) is 0 Å². The van der Waals surface area contributed by atoms with E-state index in [1.165, 1.54) is 25.3 Å². The minimum atomic E-state index is -2.97. The fourth-order valence-corrected chi connectivity index (χ4v) is 2.78. The average Bonchev–Trinajstić information content (AvgIpc) is 2.69. The lowest BCUT2D eigenvalue weighted by atomic mass is 10.1. The number of rotatable bonds is 6. The molecule has 0 aromatic heterocycles. The van der Waals surface area contributed by atoms with E-state index in [9.17, 15) is 13.6 Å². The first-order valence-corrected chi connectivity index (χ1v) is 8.44. The fraction of sp³-hybridized carbons (Fsp3) is 0.316. The number of halogens is 2. The van der Waals surface area contributed by atoms with Crippen molar-refractivity contribution in [2.24, 2.45) is 0 Å². The summed E-state index contributed by atoms with van der Waals surface area (Å²) in [5.74, 6) is -0.444. The molecule has 1 fully saturated rings. The highest BCUT2D eigenvalue weighted by Crippen LogP contribution is 2.30. The highest BCUT2D eigenvalue weighted by Gasteiger charge is 2.15. The van der Waals surface area contributed by atoms with Gasteiger partial charge in [0, 0.05) is 30.0 Å². The van der Waals surface area contributed by atoms with Gasteiger partial charge >= 0.3 is 6.61 Å². The van der Waals surface area contributed by atoms with Gasteiger partial charge in [-0.2, -0.15) is 8.78 Å². The van der Waals surface area contributed by atoms with Crippen LogP contribution in [0.3, 0.4) is 0 Å². The van der Waals surface area contributed by atoms with Gasteiger partial charge in [0.15, 0.2) is 11.5 Å². The van der Waals surface area contributed by atoms with Gasteiger partial charge in [-0.3, -0.25) is 4.79 Å². The Balaban J connectivity index is 1.67. The molecule has 0 spiro atoms. The number of hydrogen-bond donors (Lipinski definition) is 1. The minimum absolute atomic E-state index is 0.0608. The lowest BCUT2D eigenvalue weighted by Crippen LogP contribution is -2.36. The van der Waals surface area contributed by atoms with Crippen LogP contribution in [-0.2, 0) is 4.74 Å². The monoisotopic (exact) mass is 378 g/mol. The molecule has 0 bridgehead atoms. The van der Waals surface area contributed by atoms with Crippen molar-refractivity contribution in [1.82, 2.24) is 0 Å². The lowest BCUT2D eigenvalue weighted by Gasteiger charge is -2.28. The van der Waals surface area contributed by atoms with E-state index in [0.717, 1.165) is 18.8 Å². The molecule has 2 aromatic carbocycles. The number of carbonyl (C=O) groups is 1. The average molecular weight is 378 g/mol. The number of hydrogen-bond acceptors (Lipinski definition) is 5. The number of carbonyl (C=O) groups excluding carboxylic acids is 1. The van der Waals surface area contributed by atoms with Crippen LogP contribution >= 0.6 is 0 Å². The van der Waals surface area contributed by atoms with Gasteiger partial charge in [-0.15, -0.1) is 0 Å². The van der Waals surface area contributed by atoms with Gasteiger partial charge in [0.1, 0.15) is 0 Å². The maximum Gasteiger partial charge on any atom is 0.387 e. The van der Waals surface area contributed by atoms with Crippen LogP contribution in [0.2, 0.25) is 0 Å². The molecule has 0 aliphatic carbocycles. The van der Waals surface area contributed by atoms with Gasteiger partial charge in [-0.1, -0.05) is 0 Å². The SMILES string of the molecule is COc1cc(C(=O)Nc2ccc(N3CCOCC3)cc2)ccc1OC(F)F. The molecular weight excluding hydrogens is 358 g/mol. The van der Waals surface area contributed by atoms with Gasteiger partial charge in [0.05, 0.1) is 20.3 Å². The number of ether oxygens (including phenoxy) is 3. The maximum atomic E-state index is 12.4. The van der Waals surface area contributed by atoms with Gasteiger partial charge in [0.2, 0.25) is 0 Å². The molecule has 0 unspecified atom stereocenters. The zero-order chi connectivity index (χ0) is 19.2. The number of amides is 1. The van der Waals surface area contributed by atoms with Crippen molar-refractivity contribution in [3.63, 3.8) is 0 Å². The van der Waals surface area contributed by atoms with Crippen molar-refractivity contribution in [3.05, 3.63) is 48.0 Å². The van der Waals surface area contributed by atoms with E-state index in [0.29, 0.717) is 18.9 Å². The number of nitrogens with zero attached hydrogens (tertiary/aromatic N) is 1. The third-order valence-corrected chi connectivity index (χ3v) is 4.14. The molecule has 8 heteroatoms. The predicted octanol–water partition coefficient (Wildman–Crippen LogP) is 3.39. The summed E-state index contributed by atoms with van der Waals surface area (Å²) < 4.78 is 39.5. The van der Waals surface area contributed by atoms with Crippen molar-refractivity contribution in [1.29, 1.82) is 0 Å². The van der Waals surface area contributed by atoms with E-state index in [2.05, 4.69) is 15.0 Å². The van der Waals surface area contributed by atoms with Gasteiger partial charge in [-0.05, 0) is 42.5 Å². The summed E-state index contributed by atoms with van der Waals surface area (Å²) in [6.45, 7) is 0.0948. The Morgan fingerprint density at radius 3 is 2.44 bits per heavy atom. The Hall–Kier alpha value is -2.87. The molecule has 3 rings (SSSR count). The second-order valence-corrected chi connectivity index (χ2v) is 5.84. The number of methoxy groups -OCH3 is 1. The highest BCUT2D eigenvalue weighted by molar-refractivity contribution is 6.04. The van der Waals surface area contributed by atoms with Crippen LogP contribution in [0.1, 0.15) is 10.4 Å². The molecule has 27 heavy (non-hydrogen) atoms. The summed E-state index contributed by atoms with van der Waals surface area (Å²) in [7, 11) is 1.32. The number of anilines is 2. The Bertz CT molecular complexity index is 778. The third kappa shape index (κ3) is 4.85. The van der Waals surface area contributed by atoms with E-state index in [1.807, 2.05) is 24.3 Å². The van der Waals surface area contributed by atoms with Gasteiger partial charge in [-0.25, -0.2) is 0 Å². The number of morpholine rings is 1. The molecule has 1 saturated heterocycles. The van der Waals surface area contributed by atoms with Gasteiger partial charge < -0.3 is 24.4 Å². The van der Waals surface area contributed by atoms with Crippen LogP contribution < -0.4 is 19.7 Å². The van der Waals surface area contributed by atoms with Crippen molar-refractivity contribution in [2.75, 3.05) is 43.6 Å². The molecule has 0 atom stereocenters. The summed E-state index contributed by atoms with van der Waals surface area (Å²) in [6, 6.07) is 11.5. The molecule has 144 valence electrons. The molecular formula is C19H20F2N2O4. The number of alkyl halides is 2. The van der Waals surface area contributed by atoms with Crippen LogP contribution in [0, 0.1) is 0 Å². The Kier molecular flexibility index (Phi) is 6.08. The molecule has 1 heterocycles. The number of benzene rings is 2. The summed E-state index contributed by atoms with van der Waals surface area (Å²) in [5, 5.41) is 2.77. The molecule has 1 N–H and O–H groups in total. The topological polar surface area (TPSA) is 60.0 Å². The highest BCUT2D eigenvalue weighted by atomic mass is 19.3. The molecule has 0 saturated carbocycles. The Morgan fingerprint density at radius 1 is 1.11 bits per heavy atom. The predicted molar refractivity (Wildman–Crippen MR) is 97.1 cm³/mol.